The third-order valence-corrected chi connectivity index (χ3v) is 7.02. The minimum atomic E-state index is -0.0753. The summed E-state index contributed by atoms with van der Waals surface area (Å²) < 4.78 is 2.28. The van der Waals surface area contributed by atoms with Crippen molar-refractivity contribution in [2.75, 3.05) is 4.90 Å². The molecule has 1 aliphatic heterocycles. The lowest BCUT2D eigenvalue weighted by molar-refractivity contribution is 0.565. The summed E-state index contributed by atoms with van der Waals surface area (Å²) >= 11 is 12.1. The van der Waals surface area contributed by atoms with Crippen LogP contribution < -0.4 is 10.2 Å². The molecule has 1 aliphatic rings. The van der Waals surface area contributed by atoms with E-state index in [-0.39, 0.29) is 12.1 Å². The van der Waals surface area contributed by atoms with Gasteiger partial charge in [0.25, 0.3) is 0 Å². The van der Waals surface area contributed by atoms with E-state index in [1.165, 1.54) is 22.4 Å². The van der Waals surface area contributed by atoms with Gasteiger partial charge in [0.1, 0.15) is 0 Å². The molecule has 0 aliphatic carbocycles. The molecule has 0 amide bonds. The Bertz CT molecular complexity index is 1340. The zero-order valence-electron chi connectivity index (χ0n) is 19.7. The summed E-state index contributed by atoms with van der Waals surface area (Å²) in [6.07, 6.45) is 1.84. The number of nitrogens with zero attached hydrogens (tertiary/aromatic N) is 3. The maximum absolute atomic E-state index is 6.16. The normalized spacial score (nSPS) is 17.8. The largest absolute Gasteiger partial charge is 0.351 e. The number of hydrogen-bond donors (Lipinski definition) is 1. The molecule has 1 fully saturated rings. The molecular weight excluding hydrogens is 460 g/mol. The molecule has 3 heterocycles. The van der Waals surface area contributed by atoms with Gasteiger partial charge in [-0.15, -0.1) is 0 Å². The van der Waals surface area contributed by atoms with Crippen molar-refractivity contribution in [1.82, 2.24) is 14.9 Å². The summed E-state index contributed by atoms with van der Waals surface area (Å²) in [5, 5.41) is 5.02. The maximum Gasteiger partial charge on any atom is 0.174 e. The van der Waals surface area contributed by atoms with E-state index in [9.17, 15) is 0 Å². The maximum atomic E-state index is 6.16. The first-order valence-electron chi connectivity index (χ1n) is 11.4. The first-order chi connectivity index (χ1) is 16.3. The Labute approximate surface area is 211 Å². The topological polar surface area (TPSA) is 33.1 Å². The number of thiocarbonyl (C=S) groups is 1. The Kier molecular flexibility index (Phi) is 5.92. The number of nitrogens with one attached hydrogen (secondary N) is 1. The molecule has 6 heteroatoms. The van der Waals surface area contributed by atoms with E-state index in [1.54, 1.807) is 0 Å². The van der Waals surface area contributed by atoms with Gasteiger partial charge >= 0.3 is 0 Å². The minimum Gasteiger partial charge on any atom is -0.351 e. The molecule has 0 saturated carbocycles. The first-order valence-corrected chi connectivity index (χ1v) is 12.2. The summed E-state index contributed by atoms with van der Waals surface area (Å²) in [5.41, 5.74) is 9.13. The van der Waals surface area contributed by atoms with Crippen LogP contribution in [0.3, 0.4) is 0 Å². The van der Waals surface area contributed by atoms with Crippen molar-refractivity contribution >= 4 is 34.6 Å². The SMILES string of the molecule is Cc1cc(C)cc(N2C(=S)N[C@@H](c3ccccn3)[C@@H]2c2cc(C)n(-c3ccc(Cl)cc3)c2C)c1. The van der Waals surface area contributed by atoms with Crippen LogP contribution in [0.2, 0.25) is 5.02 Å². The van der Waals surface area contributed by atoms with Gasteiger partial charge in [0.15, 0.2) is 5.11 Å². The number of benzene rings is 2. The standard InChI is InChI=1S/C28H27ClN4S/c1-17-13-18(2)15-23(14-17)33-27(26(31-28(33)34)25-7-5-6-12-30-25)24-16-19(3)32(20(24)4)22-10-8-21(29)9-11-22/h5-16,26-27H,1-4H3,(H,31,34)/t26-,27-/m0/s1. The summed E-state index contributed by atoms with van der Waals surface area (Å²) in [7, 11) is 0. The lowest BCUT2D eigenvalue weighted by Crippen LogP contribution is -2.29. The first kappa shape index (κ1) is 22.6. The van der Waals surface area contributed by atoms with Crippen LogP contribution in [-0.2, 0) is 0 Å². The third kappa shape index (κ3) is 3.99. The van der Waals surface area contributed by atoms with E-state index >= 15 is 0 Å². The highest BCUT2D eigenvalue weighted by molar-refractivity contribution is 7.80. The molecule has 2 aromatic heterocycles. The number of halogens is 1. The lowest BCUT2D eigenvalue weighted by Gasteiger charge is -2.29. The van der Waals surface area contributed by atoms with Crippen LogP contribution in [0, 0.1) is 27.7 Å². The average molecular weight is 487 g/mol. The summed E-state index contributed by atoms with van der Waals surface area (Å²) in [6, 6.07) is 22.8. The van der Waals surface area contributed by atoms with Crippen LogP contribution in [0.1, 0.15) is 45.9 Å². The number of hydrogen-bond acceptors (Lipinski definition) is 2. The van der Waals surface area contributed by atoms with Crippen LogP contribution in [0.15, 0.2) is 72.9 Å². The summed E-state index contributed by atoms with van der Waals surface area (Å²) in [6.45, 7) is 8.57. The van der Waals surface area contributed by atoms with Gasteiger partial charge in [0.05, 0.1) is 17.8 Å². The van der Waals surface area contributed by atoms with Gasteiger partial charge in [-0.1, -0.05) is 23.7 Å². The summed E-state index contributed by atoms with van der Waals surface area (Å²) in [5.74, 6) is 0. The molecule has 0 spiro atoms. The number of aromatic nitrogens is 2. The van der Waals surface area contributed by atoms with Gasteiger partial charge < -0.3 is 14.8 Å². The number of pyridine rings is 1. The van der Waals surface area contributed by atoms with Crippen LogP contribution in [0.4, 0.5) is 5.69 Å². The van der Waals surface area contributed by atoms with Gasteiger partial charge in [-0.2, -0.15) is 0 Å². The van der Waals surface area contributed by atoms with Crippen molar-refractivity contribution in [3.05, 3.63) is 112 Å². The highest BCUT2D eigenvalue weighted by atomic mass is 35.5. The van der Waals surface area contributed by atoms with Gasteiger partial charge in [-0.25, -0.2) is 0 Å². The van der Waals surface area contributed by atoms with Crippen LogP contribution in [0.25, 0.3) is 5.69 Å². The molecular formula is C28H27ClN4S. The van der Waals surface area contributed by atoms with Crippen molar-refractivity contribution in [2.24, 2.45) is 0 Å². The van der Waals surface area contributed by atoms with Crippen molar-refractivity contribution in [3.63, 3.8) is 0 Å². The van der Waals surface area contributed by atoms with Gasteiger partial charge in [0.2, 0.25) is 0 Å². The van der Waals surface area contributed by atoms with E-state index in [2.05, 4.69) is 84.9 Å². The second-order valence-corrected chi connectivity index (χ2v) is 9.80. The van der Waals surface area contributed by atoms with E-state index in [0.29, 0.717) is 5.11 Å². The molecule has 5 rings (SSSR count). The second kappa shape index (κ2) is 8.90. The Morgan fingerprint density at radius 2 is 1.59 bits per heavy atom. The highest BCUT2D eigenvalue weighted by Crippen LogP contribution is 2.44. The van der Waals surface area contributed by atoms with E-state index in [4.69, 9.17) is 28.8 Å². The van der Waals surface area contributed by atoms with Crippen LogP contribution >= 0.6 is 23.8 Å². The Balaban J connectivity index is 1.69. The number of aryl methyl sites for hydroxylation is 3. The molecule has 172 valence electrons. The predicted molar refractivity (Wildman–Crippen MR) is 144 cm³/mol. The Hall–Kier alpha value is -3.15. The monoisotopic (exact) mass is 486 g/mol. The number of rotatable bonds is 4. The fourth-order valence-electron chi connectivity index (χ4n) is 5.11. The molecule has 4 aromatic rings. The van der Waals surface area contributed by atoms with Crippen molar-refractivity contribution in [2.45, 2.75) is 39.8 Å². The lowest BCUT2D eigenvalue weighted by atomic mass is 9.96. The quantitative estimate of drug-likeness (QED) is 0.317. The van der Waals surface area contributed by atoms with Gasteiger partial charge in [-0.3, -0.25) is 4.98 Å². The Morgan fingerprint density at radius 3 is 2.24 bits per heavy atom. The number of anilines is 1. The van der Waals surface area contributed by atoms with E-state index in [0.717, 1.165) is 27.8 Å². The van der Waals surface area contributed by atoms with E-state index < -0.39 is 0 Å². The van der Waals surface area contributed by atoms with Crippen molar-refractivity contribution in [1.29, 1.82) is 0 Å². The van der Waals surface area contributed by atoms with Crippen LogP contribution in [0.5, 0.6) is 0 Å². The van der Waals surface area contributed by atoms with Crippen molar-refractivity contribution in [3.8, 4) is 5.69 Å². The van der Waals surface area contributed by atoms with Gasteiger partial charge in [-0.05, 0) is 111 Å². The zero-order chi connectivity index (χ0) is 24.0. The molecule has 2 atom stereocenters. The van der Waals surface area contributed by atoms with Crippen molar-refractivity contribution < 1.29 is 0 Å². The van der Waals surface area contributed by atoms with E-state index in [1.807, 2.05) is 30.5 Å². The molecule has 1 N–H and O–H groups in total. The highest BCUT2D eigenvalue weighted by Gasteiger charge is 2.42. The second-order valence-electron chi connectivity index (χ2n) is 8.98. The zero-order valence-corrected chi connectivity index (χ0v) is 21.3. The summed E-state index contributed by atoms with van der Waals surface area (Å²) in [4.78, 5) is 6.94. The molecule has 0 unspecified atom stereocenters. The fraction of sp³-hybridized carbons (Fsp3) is 0.214. The Morgan fingerprint density at radius 1 is 0.882 bits per heavy atom. The van der Waals surface area contributed by atoms with Gasteiger partial charge in [0, 0.05) is 34.0 Å². The minimum absolute atomic E-state index is 0.0455. The third-order valence-electron chi connectivity index (χ3n) is 6.46. The molecule has 1 saturated heterocycles. The van der Waals surface area contributed by atoms with Crippen LogP contribution in [-0.4, -0.2) is 14.7 Å². The fourth-order valence-corrected chi connectivity index (χ4v) is 5.59. The molecule has 34 heavy (non-hydrogen) atoms. The average Bonchev–Trinajstić information content (AvgIpc) is 3.30. The molecule has 0 radical (unpaired) electrons. The smallest absolute Gasteiger partial charge is 0.174 e. The predicted octanol–water partition coefficient (Wildman–Crippen LogP) is 6.94. The molecule has 0 bridgehead atoms. The molecule has 2 aromatic carbocycles. The molecule has 4 nitrogen and oxygen atoms in total.